The summed E-state index contributed by atoms with van der Waals surface area (Å²) in [6.07, 6.45) is -0.202. The zero-order valence-corrected chi connectivity index (χ0v) is 13.4. The van der Waals surface area contributed by atoms with Crippen molar-refractivity contribution in [3.63, 3.8) is 0 Å². The maximum absolute atomic E-state index is 6.33. The van der Waals surface area contributed by atoms with Gasteiger partial charge >= 0.3 is 0 Å². The molecule has 1 heterocycles. The zero-order valence-electron chi connectivity index (χ0n) is 13.4. The molecule has 1 aliphatic heterocycles. The molecule has 2 aromatic carbocycles. The lowest BCUT2D eigenvalue weighted by molar-refractivity contribution is -0.0439. The Bertz CT molecular complexity index is 597. The summed E-state index contributed by atoms with van der Waals surface area (Å²) in [5, 5.41) is 3.37. The molecule has 1 saturated heterocycles. The number of hydrogen-bond donors (Lipinski definition) is 1. The van der Waals surface area contributed by atoms with Crippen molar-refractivity contribution < 1.29 is 14.2 Å². The number of rotatable bonds is 6. The molecule has 0 radical (unpaired) electrons. The molecule has 1 unspecified atom stereocenters. The van der Waals surface area contributed by atoms with E-state index in [4.69, 9.17) is 14.2 Å². The predicted octanol–water partition coefficient (Wildman–Crippen LogP) is 3.19. The summed E-state index contributed by atoms with van der Waals surface area (Å²) in [7, 11) is 0. The van der Waals surface area contributed by atoms with Crippen LogP contribution < -0.4 is 14.8 Å². The van der Waals surface area contributed by atoms with Gasteiger partial charge in [-0.3, -0.25) is 0 Å². The lowest BCUT2D eigenvalue weighted by Gasteiger charge is -2.32. The van der Waals surface area contributed by atoms with Crippen LogP contribution in [0.15, 0.2) is 54.6 Å². The van der Waals surface area contributed by atoms with Crippen LogP contribution in [0, 0.1) is 0 Å². The molecule has 0 bridgehead atoms. The molecule has 122 valence electrons. The molecule has 0 spiro atoms. The summed E-state index contributed by atoms with van der Waals surface area (Å²) < 4.78 is 18.0. The lowest BCUT2D eigenvalue weighted by atomic mass is 10.0. The van der Waals surface area contributed by atoms with Crippen LogP contribution in [0.4, 0.5) is 0 Å². The van der Waals surface area contributed by atoms with Gasteiger partial charge in [0.25, 0.3) is 0 Å². The molecule has 1 aliphatic rings. The second-order valence-electron chi connectivity index (χ2n) is 5.44. The maximum Gasteiger partial charge on any atom is 0.162 e. The number of nitrogens with one attached hydrogen (secondary N) is 1. The Labute approximate surface area is 137 Å². The van der Waals surface area contributed by atoms with Gasteiger partial charge in [0.05, 0.1) is 13.2 Å². The summed E-state index contributed by atoms with van der Waals surface area (Å²) in [5.74, 6) is 1.51. The third-order valence-electron chi connectivity index (χ3n) is 3.83. The molecule has 0 amide bonds. The number of benzene rings is 2. The molecule has 2 aromatic rings. The van der Waals surface area contributed by atoms with Gasteiger partial charge in [-0.2, -0.15) is 0 Å². The van der Waals surface area contributed by atoms with Crippen molar-refractivity contribution in [2.45, 2.75) is 19.1 Å². The van der Waals surface area contributed by atoms with Crippen molar-refractivity contribution >= 4 is 0 Å². The van der Waals surface area contributed by atoms with E-state index in [1.165, 1.54) is 0 Å². The van der Waals surface area contributed by atoms with Crippen LogP contribution in [-0.4, -0.2) is 32.4 Å². The Morgan fingerprint density at radius 3 is 2.52 bits per heavy atom. The van der Waals surface area contributed by atoms with Crippen molar-refractivity contribution in [3.8, 4) is 11.5 Å². The lowest BCUT2D eigenvalue weighted by Crippen LogP contribution is -2.43. The Morgan fingerprint density at radius 2 is 1.83 bits per heavy atom. The van der Waals surface area contributed by atoms with Crippen LogP contribution in [0.2, 0.25) is 0 Å². The second-order valence-corrected chi connectivity index (χ2v) is 5.44. The molecule has 3 rings (SSSR count). The third-order valence-corrected chi connectivity index (χ3v) is 3.83. The zero-order chi connectivity index (χ0) is 15.9. The highest BCUT2D eigenvalue weighted by atomic mass is 16.6. The molecule has 4 heteroatoms. The Morgan fingerprint density at radius 1 is 1.09 bits per heavy atom. The van der Waals surface area contributed by atoms with Crippen molar-refractivity contribution in [2.24, 2.45) is 0 Å². The van der Waals surface area contributed by atoms with Gasteiger partial charge < -0.3 is 19.5 Å². The van der Waals surface area contributed by atoms with E-state index in [2.05, 4.69) is 17.4 Å². The number of morpholine rings is 1. The molecule has 2 atom stereocenters. The van der Waals surface area contributed by atoms with Crippen LogP contribution >= 0.6 is 0 Å². The minimum absolute atomic E-state index is 0.0270. The van der Waals surface area contributed by atoms with E-state index in [1.807, 2.05) is 49.4 Å². The van der Waals surface area contributed by atoms with Gasteiger partial charge in [-0.25, -0.2) is 0 Å². The fourth-order valence-corrected chi connectivity index (χ4v) is 2.74. The van der Waals surface area contributed by atoms with Gasteiger partial charge in [0.15, 0.2) is 17.6 Å². The van der Waals surface area contributed by atoms with Crippen LogP contribution in [0.1, 0.15) is 18.6 Å². The fourth-order valence-electron chi connectivity index (χ4n) is 2.74. The Hall–Kier alpha value is -2.04. The summed E-state index contributed by atoms with van der Waals surface area (Å²) in [6, 6.07) is 18.0. The fraction of sp³-hybridized carbons (Fsp3) is 0.368. The Kier molecular flexibility index (Phi) is 5.51. The largest absolute Gasteiger partial charge is 0.490 e. The third kappa shape index (κ3) is 4.03. The molecule has 0 saturated carbocycles. The van der Waals surface area contributed by atoms with E-state index >= 15 is 0 Å². The normalized spacial score (nSPS) is 19.1. The smallest absolute Gasteiger partial charge is 0.162 e. The first kappa shape index (κ1) is 15.8. The maximum atomic E-state index is 6.33. The van der Waals surface area contributed by atoms with Crippen molar-refractivity contribution in [2.75, 3.05) is 26.3 Å². The van der Waals surface area contributed by atoms with E-state index in [1.54, 1.807) is 0 Å². The van der Waals surface area contributed by atoms with Gasteiger partial charge in [0.1, 0.15) is 6.10 Å². The SMILES string of the molecule is CCOc1ccccc1OC(c1ccccc1)[C@@H]1CNCCO1. The molecule has 4 nitrogen and oxygen atoms in total. The standard InChI is InChI=1S/C19H23NO3/c1-2-21-16-10-6-7-11-17(16)23-19(15-8-4-3-5-9-15)18-14-20-12-13-22-18/h3-11,18-20H,2,12-14H2,1H3/t18-,19?/m0/s1. The highest BCUT2D eigenvalue weighted by Crippen LogP contribution is 2.33. The van der Waals surface area contributed by atoms with Gasteiger partial charge in [-0.1, -0.05) is 42.5 Å². The first-order valence-electron chi connectivity index (χ1n) is 8.14. The highest BCUT2D eigenvalue weighted by Gasteiger charge is 2.28. The first-order chi connectivity index (χ1) is 11.4. The van der Waals surface area contributed by atoms with Crippen molar-refractivity contribution in [1.29, 1.82) is 0 Å². The van der Waals surface area contributed by atoms with Crippen molar-refractivity contribution in [1.82, 2.24) is 5.32 Å². The highest BCUT2D eigenvalue weighted by molar-refractivity contribution is 5.40. The van der Waals surface area contributed by atoms with Crippen LogP contribution in [-0.2, 0) is 4.74 Å². The number of ether oxygens (including phenoxy) is 3. The molecule has 1 N–H and O–H groups in total. The van der Waals surface area contributed by atoms with E-state index in [-0.39, 0.29) is 12.2 Å². The summed E-state index contributed by atoms with van der Waals surface area (Å²) in [5.41, 5.74) is 1.10. The summed E-state index contributed by atoms with van der Waals surface area (Å²) in [4.78, 5) is 0. The molecule has 23 heavy (non-hydrogen) atoms. The topological polar surface area (TPSA) is 39.7 Å². The van der Waals surface area contributed by atoms with E-state index < -0.39 is 0 Å². The predicted molar refractivity (Wildman–Crippen MR) is 90.0 cm³/mol. The van der Waals surface area contributed by atoms with E-state index in [0.29, 0.717) is 13.2 Å². The summed E-state index contributed by atoms with van der Waals surface area (Å²) >= 11 is 0. The molecule has 0 aliphatic carbocycles. The van der Waals surface area contributed by atoms with Crippen LogP contribution in [0.5, 0.6) is 11.5 Å². The first-order valence-corrected chi connectivity index (χ1v) is 8.14. The van der Waals surface area contributed by atoms with Gasteiger partial charge in [-0.15, -0.1) is 0 Å². The molecule has 0 aromatic heterocycles. The van der Waals surface area contributed by atoms with Gasteiger partial charge in [0, 0.05) is 13.1 Å². The Balaban J connectivity index is 1.86. The minimum Gasteiger partial charge on any atom is -0.490 e. The van der Waals surface area contributed by atoms with E-state index in [0.717, 1.165) is 30.2 Å². The van der Waals surface area contributed by atoms with Crippen molar-refractivity contribution in [3.05, 3.63) is 60.2 Å². The minimum atomic E-state index is -0.175. The summed E-state index contributed by atoms with van der Waals surface area (Å²) in [6.45, 7) is 4.94. The van der Waals surface area contributed by atoms with Crippen LogP contribution in [0.3, 0.4) is 0 Å². The monoisotopic (exact) mass is 313 g/mol. The quantitative estimate of drug-likeness (QED) is 0.889. The number of hydrogen-bond acceptors (Lipinski definition) is 4. The molecule has 1 fully saturated rings. The molecular weight excluding hydrogens is 290 g/mol. The van der Waals surface area contributed by atoms with Crippen LogP contribution in [0.25, 0.3) is 0 Å². The number of para-hydroxylation sites is 2. The second kappa shape index (κ2) is 7.99. The average molecular weight is 313 g/mol. The molecular formula is C19H23NO3. The van der Waals surface area contributed by atoms with E-state index in [9.17, 15) is 0 Å². The van der Waals surface area contributed by atoms with Gasteiger partial charge in [0.2, 0.25) is 0 Å². The van der Waals surface area contributed by atoms with Gasteiger partial charge in [-0.05, 0) is 24.6 Å². The average Bonchev–Trinajstić information content (AvgIpc) is 2.63.